The lowest BCUT2D eigenvalue weighted by atomic mass is 9.95. The average molecular weight is 369 g/mol. The first-order valence-electron chi connectivity index (χ1n) is 7.95. The number of benzene rings is 2. The molecule has 0 saturated carbocycles. The lowest BCUT2D eigenvalue weighted by Crippen LogP contribution is -2.05. The van der Waals surface area contributed by atoms with E-state index in [1.54, 1.807) is 0 Å². The van der Waals surface area contributed by atoms with Gasteiger partial charge in [-0.25, -0.2) is 0 Å². The molecule has 0 bridgehead atoms. The topological polar surface area (TPSA) is 24.9 Å². The predicted molar refractivity (Wildman–Crippen MR) is 103 cm³/mol. The highest BCUT2D eigenvalue weighted by Gasteiger charge is 2.16. The van der Waals surface area contributed by atoms with Crippen molar-refractivity contribution >= 4 is 32.5 Å². The Hall–Kier alpha value is -1.87. The van der Waals surface area contributed by atoms with Crippen LogP contribution in [0.4, 0.5) is 5.69 Å². The number of aromatic nitrogens is 1. The summed E-state index contributed by atoms with van der Waals surface area (Å²) in [7, 11) is 1.98. The first kappa shape index (κ1) is 16.0. The quantitative estimate of drug-likeness (QED) is 0.619. The summed E-state index contributed by atoms with van der Waals surface area (Å²) in [4.78, 5) is 4.93. The van der Waals surface area contributed by atoms with Gasteiger partial charge in [-0.1, -0.05) is 60.1 Å². The van der Waals surface area contributed by atoms with Crippen LogP contribution in [0.3, 0.4) is 0 Å². The number of hydrogen-bond donors (Lipinski definition) is 1. The van der Waals surface area contributed by atoms with E-state index in [9.17, 15) is 0 Å². The predicted octanol–water partition coefficient (Wildman–Crippen LogP) is 5.90. The molecule has 0 radical (unpaired) electrons. The van der Waals surface area contributed by atoms with Gasteiger partial charge in [0.15, 0.2) is 0 Å². The van der Waals surface area contributed by atoms with Crippen LogP contribution < -0.4 is 5.32 Å². The lowest BCUT2D eigenvalue weighted by molar-refractivity contribution is 0.638. The fraction of sp³-hybridized carbons (Fsp3) is 0.250. The Labute approximate surface area is 146 Å². The van der Waals surface area contributed by atoms with Crippen molar-refractivity contribution in [2.24, 2.45) is 5.92 Å². The second kappa shape index (κ2) is 6.71. The summed E-state index contributed by atoms with van der Waals surface area (Å²) in [6, 6.07) is 16.9. The van der Waals surface area contributed by atoms with Crippen LogP contribution in [-0.4, -0.2) is 12.0 Å². The molecule has 3 heteroatoms. The largest absolute Gasteiger partial charge is 0.386 e. The summed E-state index contributed by atoms with van der Waals surface area (Å²) in [5.74, 6) is 0.561. The van der Waals surface area contributed by atoms with Gasteiger partial charge in [0.25, 0.3) is 0 Å². The van der Waals surface area contributed by atoms with Crippen LogP contribution in [0.15, 0.2) is 53.0 Å². The van der Waals surface area contributed by atoms with Gasteiger partial charge in [-0.05, 0) is 36.1 Å². The molecular weight excluding hydrogens is 348 g/mol. The number of anilines is 1. The van der Waals surface area contributed by atoms with E-state index < -0.39 is 0 Å². The van der Waals surface area contributed by atoms with E-state index in [0.717, 1.165) is 27.8 Å². The third-order valence-electron chi connectivity index (χ3n) is 3.94. The number of fused-ring (bicyclic) bond motifs is 1. The molecule has 0 saturated heterocycles. The molecule has 1 heterocycles. The molecule has 0 aliphatic heterocycles. The van der Waals surface area contributed by atoms with Crippen molar-refractivity contribution in [1.82, 2.24) is 4.98 Å². The van der Waals surface area contributed by atoms with E-state index in [4.69, 9.17) is 4.98 Å². The van der Waals surface area contributed by atoms with Gasteiger partial charge in [-0.2, -0.15) is 0 Å². The molecule has 1 aromatic heterocycles. The van der Waals surface area contributed by atoms with Crippen molar-refractivity contribution in [2.45, 2.75) is 20.3 Å². The van der Waals surface area contributed by atoms with Crippen LogP contribution in [0, 0.1) is 5.92 Å². The van der Waals surface area contributed by atoms with Crippen molar-refractivity contribution in [1.29, 1.82) is 0 Å². The van der Waals surface area contributed by atoms with Crippen LogP contribution in [0.1, 0.15) is 19.5 Å². The van der Waals surface area contributed by atoms with Crippen LogP contribution in [0.2, 0.25) is 0 Å². The minimum atomic E-state index is 0.561. The summed E-state index contributed by atoms with van der Waals surface area (Å²) in [6.45, 7) is 4.46. The zero-order valence-electron chi connectivity index (χ0n) is 13.7. The number of nitrogens with zero attached hydrogens (tertiary/aromatic N) is 1. The fourth-order valence-corrected chi connectivity index (χ4v) is 3.36. The zero-order chi connectivity index (χ0) is 16.4. The summed E-state index contributed by atoms with van der Waals surface area (Å²) in [5, 5.41) is 4.57. The Morgan fingerprint density at radius 1 is 1.09 bits per heavy atom. The van der Waals surface area contributed by atoms with E-state index in [1.807, 2.05) is 7.05 Å². The third-order valence-corrected chi connectivity index (χ3v) is 4.43. The molecule has 3 aromatic rings. The van der Waals surface area contributed by atoms with E-state index in [2.05, 4.69) is 83.6 Å². The molecule has 0 fully saturated rings. The maximum atomic E-state index is 4.93. The van der Waals surface area contributed by atoms with E-state index in [-0.39, 0.29) is 0 Å². The second-order valence-corrected chi connectivity index (χ2v) is 7.10. The molecule has 2 nitrogen and oxygen atoms in total. The Morgan fingerprint density at radius 3 is 2.48 bits per heavy atom. The smallest absolute Gasteiger partial charge is 0.0714 e. The highest BCUT2D eigenvalue weighted by molar-refractivity contribution is 9.10. The molecule has 2 aromatic carbocycles. The summed E-state index contributed by atoms with van der Waals surface area (Å²) < 4.78 is 1.07. The third kappa shape index (κ3) is 3.25. The van der Waals surface area contributed by atoms with Gasteiger partial charge < -0.3 is 5.32 Å². The van der Waals surface area contributed by atoms with Gasteiger partial charge in [0, 0.05) is 22.5 Å². The summed E-state index contributed by atoms with van der Waals surface area (Å²) in [6.07, 6.45) is 0.960. The molecule has 0 aliphatic carbocycles. The van der Waals surface area contributed by atoms with Crippen LogP contribution >= 0.6 is 15.9 Å². The van der Waals surface area contributed by atoms with Crippen molar-refractivity contribution < 1.29 is 0 Å². The molecule has 0 amide bonds. The summed E-state index contributed by atoms with van der Waals surface area (Å²) >= 11 is 3.60. The van der Waals surface area contributed by atoms with Crippen molar-refractivity contribution in [3.8, 4) is 11.1 Å². The van der Waals surface area contributed by atoms with Gasteiger partial charge in [0.2, 0.25) is 0 Å². The molecular formula is C20H21BrN2. The molecule has 23 heavy (non-hydrogen) atoms. The normalized spacial score (nSPS) is 11.2. The highest BCUT2D eigenvalue weighted by Crippen LogP contribution is 2.38. The number of rotatable bonds is 4. The fourth-order valence-electron chi connectivity index (χ4n) is 2.99. The lowest BCUT2D eigenvalue weighted by Gasteiger charge is -2.18. The van der Waals surface area contributed by atoms with Crippen LogP contribution in [0.25, 0.3) is 22.0 Å². The number of pyridine rings is 1. The second-order valence-electron chi connectivity index (χ2n) is 6.18. The van der Waals surface area contributed by atoms with Gasteiger partial charge in [-0.15, -0.1) is 0 Å². The van der Waals surface area contributed by atoms with Gasteiger partial charge in [0.1, 0.15) is 0 Å². The number of nitrogens with one attached hydrogen (secondary N) is 1. The minimum absolute atomic E-state index is 0.561. The Bertz CT molecular complexity index is 826. The van der Waals surface area contributed by atoms with Crippen molar-refractivity contribution in [3.63, 3.8) is 0 Å². The SMILES string of the molecule is CNc1c(CC(C)C)nc2ccc(Br)cc2c1-c1ccccc1. The zero-order valence-corrected chi connectivity index (χ0v) is 15.3. The first-order chi connectivity index (χ1) is 11.1. The molecule has 0 unspecified atom stereocenters. The van der Waals surface area contributed by atoms with Crippen LogP contribution in [0.5, 0.6) is 0 Å². The Balaban J connectivity index is 2.38. The minimum Gasteiger partial charge on any atom is -0.386 e. The highest BCUT2D eigenvalue weighted by atomic mass is 79.9. The molecule has 1 N–H and O–H groups in total. The monoisotopic (exact) mass is 368 g/mol. The van der Waals surface area contributed by atoms with E-state index >= 15 is 0 Å². The summed E-state index contributed by atoms with van der Waals surface area (Å²) in [5.41, 5.74) is 5.76. The maximum absolute atomic E-state index is 4.93. The standard InChI is InChI=1S/C20H21BrN2/c1-13(2)11-18-20(22-3)19(14-7-5-4-6-8-14)16-12-15(21)9-10-17(16)23-18/h4-10,12-13,22H,11H2,1-3H3. The molecule has 3 rings (SSSR count). The molecule has 0 spiro atoms. The van der Waals surface area contributed by atoms with Crippen molar-refractivity contribution in [2.75, 3.05) is 12.4 Å². The number of hydrogen-bond acceptors (Lipinski definition) is 2. The molecule has 118 valence electrons. The van der Waals surface area contributed by atoms with Crippen molar-refractivity contribution in [3.05, 3.63) is 58.7 Å². The van der Waals surface area contributed by atoms with Gasteiger partial charge in [0.05, 0.1) is 16.9 Å². The van der Waals surface area contributed by atoms with E-state index in [1.165, 1.54) is 16.5 Å². The molecule has 0 atom stereocenters. The number of halogens is 1. The van der Waals surface area contributed by atoms with Gasteiger partial charge in [-0.3, -0.25) is 4.98 Å². The van der Waals surface area contributed by atoms with Crippen LogP contribution in [-0.2, 0) is 6.42 Å². The maximum Gasteiger partial charge on any atom is 0.0714 e. The molecule has 0 aliphatic rings. The van der Waals surface area contributed by atoms with E-state index in [0.29, 0.717) is 5.92 Å². The Kier molecular flexibility index (Phi) is 4.67. The first-order valence-corrected chi connectivity index (χ1v) is 8.74. The average Bonchev–Trinajstić information content (AvgIpc) is 2.54. The van der Waals surface area contributed by atoms with Gasteiger partial charge >= 0.3 is 0 Å². The Morgan fingerprint density at radius 2 is 1.83 bits per heavy atom.